The molecule has 0 saturated carbocycles. The highest BCUT2D eigenvalue weighted by molar-refractivity contribution is 6.24. The van der Waals surface area contributed by atoms with Crippen LogP contribution in [0.15, 0.2) is 310 Å². The van der Waals surface area contributed by atoms with Crippen molar-refractivity contribution in [3.63, 3.8) is 0 Å². The van der Waals surface area contributed by atoms with Gasteiger partial charge in [-0.15, -0.1) is 0 Å². The van der Waals surface area contributed by atoms with Gasteiger partial charge in [-0.05, 0) is 211 Å². The van der Waals surface area contributed by atoms with Crippen molar-refractivity contribution in [2.75, 3.05) is 0 Å². The molecular weight excluding hydrogens is 1110 g/mol. The Morgan fingerprint density at radius 3 is 1.07 bits per heavy atom. The molecule has 5 heteroatoms. The van der Waals surface area contributed by atoms with E-state index in [0.717, 1.165) is 102 Å². The van der Waals surface area contributed by atoms with Crippen molar-refractivity contribution in [3.05, 3.63) is 321 Å². The van der Waals surface area contributed by atoms with Crippen LogP contribution in [0, 0.1) is 0 Å². The maximum Gasteiger partial charge on any atom is 0.114 e. The van der Waals surface area contributed by atoms with Gasteiger partial charge in [0.1, 0.15) is 11.6 Å². The first kappa shape index (κ1) is 54.4. The Balaban J connectivity index is 0.899. The topological polar surface area (TPSA) is 48.5 Å². The lowest BCUT2D eigenvalue weighted by atomic mass is 9.82. The zero-order valence-electron chi connectivity index (χ0n) is 51.1. The van der Waals surface area contributed by atoms with Crippen LogP contribution in [-0.4, -0.2) is 24.1 Å². The van der Waals surface area contributed by atoms with Gasteiger partial charge in [-0.25, -0.2) is 9.97 Å². The molecule has 0 aliphatic carbocycles. The molecule has 92 heavy (non-hydrogen) atoms. The summed E-state index contributed by atoms with van der Waals surface area (Å²) in [6.45, 7) is 4.37. The summed E-state index contributed by atoms with van der Waals surface area (Å²) in [5.74, 6) is 2.09. The monoisotopic (exact) mass is 1180 g/mol. The van der Waals surface area contributed by atoms with E-state index in [1.807, 2.05) is 12.4 Å². The lowest BCUT2D eigenvalue weighted by molar-refractivity contribution is 0.908. The number of aromatic nitrogens is 5. The number of aryl methyl sites for hydroxylation is 2. The van der Waals surface area contributed by atoms with Crippen LogP contribution in [-0.2, 0) is 12.8 Å². The molecule has 0 spiro atoms. The number of fused-ring (bicyclic) bond motifs is 6. The highest BCUT2D eigenvalue weighted by atomic mass is 15.1. The van der Waals surface area contributed by atoms with Crippen LogP contribution in [0.4, 0.5) is 0 Å². The Morgan fingerprint density at radius 1 is 0.250 bits per heavy atom. The summed E-state index contributed by atoms with van der Waals surface area (Å²) in [6.07, 6.45) is 5.38. The van der Waals surface area contributed by atoms with E-state index in [1.54, 1.807) is 0 Å². The first-order valence-electron chi connectivity index (χ1n) is 31.9. The number of hydrogen-bond acceptors (Lipinski definition) is 3. The second-order valence-corrected chi connectivity index (χ2v) is 23.9. The van der Waals surface area contributed by atoms with Crippen molar-refractivity contribution in [2.24, 2.45) is 0 Å². The first-order valence-corrected chi connectivity index (χ1v) is 31.9. The van der Waals surface area contributed by atoms with Gasteiger partial charge in [0.25, 0.3) is 0 Å². The molecule has 17 aromatic rings. The van der Waals surface area contributed by atoms with E-state index in [4.69, 9.17) is 9.97 Å². The molecule has 0 bridgehead atoms. The van der Waals surface area contributed by atoms with Crippen molar-refractivity contribution >= 4 is 65.2 Å². The standard InChI is InChI=1S/C87H61N5/c1-3-82-89-78-27-15-17-29-80(78)91(82)66-42-35-61(36-43-66)84-69-23-11-13-25-71(69)86(60-33-31-56(32-34-60)57-49-51-88-52-50-57)76-53-63(39-47-73(76)84)64-40-48-74-77(54-64)87(65-41-46-68(58-19-7-5-8-20-58)75(55-65)59-21-9-6-10-22-59)72-26-14-12-24-70(72)85(74)62-37-44-67(45-38-62)92-81-30-18-16-28-79(81)90-83(92)4-2/h5-55H,3-4H2,1-2H3. The fraction of sp³-hybridized carbons (Fsp3) is 0.0460. The number of pyridine rings is 1. The van der Waals surface area contributed by atoms with Gasteiger partial charge in [-0.1, -0.05) is 232 Å². The molecule has 0 N–H and O–H groups in total. The normalized spacial score (nSPS) is 11.7. The number of hydrogen-bond donors (Lipinski definition) is 0. The fourth-order valence-electron chi connectivity index (χ4n) is 14.5. The molecular formula is C87H61N5. The largest absolute Gasteiger partial charge is 0.296 e. The first-order chi connectivity index (χ1) is 45.5. The van der Waals surface area contributed by atoms with Crippen molar-refractivity contribution in [2.45, 2.75) is 26.7 Å². The number of para-hydroxylation sites is 4. The minimum Gasteiger partial charge on any atom is -0.296 e. The third-order valence-electron chi connectivity index (χ3n) is 18.8. The lowest BCUT2D eigenvalue weighted by Crippen LogP contribution is -2.00. The van der Waals surface area contributed by atoms with Crippen molar-refractivity contribution in [3.8, 4) is 100 Å². The Labute approximate surface area is 534 Å². The van der Waals surface area contributed by atoms with Gasteiger partial charge >= 0.3 is 0 Å². The van der Waals surface area contributed by atoms with E-state index >= 15 is 0 Å². The fourth-order valence-corrected chi connectivity index (χ4v) is 14.5. The second kappa shape index (κ2) is 22.7. The number of rotatable bonds is 12. The second-order valence-electron chi connectivity index (χ2n) is 23.9. The highest BCUT2D eigenvalue weighted by Gasteiger charge is 2.23. The number of benzene rings is 14. The molecule has 0 radical (unpaired) electrons. The maximum atomic E-state index is 5.05. The van der Waals surface area contributed by atoms with Gasteiger partial charge in [-0.2, -0.15) is 0 Å². The molecule has 0 fully saturated rings. The summed E-state index contributed by atoms with van der Waals surface area (Å²) >= 11 is 0. The van der Waals surface area contributed by atoms with E-state index in [9.17, 15) is 0 Å². The molecule has 3 heterocycles. The lowest BCUT2D eigenvalue weighted by Gasteiger charge is -2.21. The highest BCUT2D eigenvalue weighted by Crippen LogP contribution is 2.49. The Morgan fingerprint density at radius 2 is 0.598 bits per heavy atom. The zero-order chi connectivity index (χ0) is 61.2. The van der Waals surface area contributed by atoms with E-state index in [0.29, 0.717) is 0 Å². The van der Waals surface area contributed by atoms with E-state index < -0.39 is 0 Å². The van der Waals surface area contributed by atoms with Crippen LogP contribution in [0.2, 0.25) is 0 Å². The molecule has 0 unspecified atom stereocenters. The Kier molecular flexibility index (Phi) is 13.4. The third-order valence-corrected chi connectivity index (χ3v) is 18.8. The van der Waals surface area contributed by atoms with Gasteiger partial charge in [0.05, 0.1) is 22.1 Å². The maximum absolute atomic E-state index is 5.05. The van der Waals surface area contributed by atoms with Gasteiger partial charge in [0, 0.05) is 36.6 Å². The molecule has 5 nitrogen and oxygen atoms in total. The summed E-state index contributed by atoms with van der Waals surface area (Å²) in [4.78, 5) is 14.4. The average Bonchev–Trinajstić information content (AvgIpc) is 0.956. The molecule has 0 aliphatic rings. The van der Waals surface area contributed by atoms with E-state index in [-0.39, 0.29) is 0 Å². The van der Waals surface area contributed by atoms with Gasteiger partial charge in [0.15, 0.2) is 0 Å². The molecule has 434 valence electrons. The number of imidazole rings is 2. The summed E-state index contributed by atoms with van der Waals surface area (Å²) in [5.41, 5.74) is 25.2. The molecule has 0 atom stereocenters. The van der Waals surface area contributed by atoms with Gasteiger partial charge < -0.3 is 0 Å². The molecule has 0 saturated heterocycles. The zero-order valence-corrected chi connectivity index (χ0v) is 51.1. The number of nitrogens with zero attached hydrogens (tertiary/aromatic N) is 5. The molecule has 0 aliphatic heterocycles. The minimum absolute atomic E-state index is 0.823. The van der Waals surface area contributed by atoms with Gasteiger partial charge in [-0.3, -0.25) is 14.1 Å². The Hall–Kier alpha value is -11.8. The molecule has 3 aromatic heterocycles. The smallest absolute Gasteiger partial charge is 0.114 e. The van der Waals surface area contributed by atoms with Crippen LogP contribution in [0.25, 0.3) is 166 Å². The molecule has 17 rings (SSSR count). The van der Waals surface area contributed by atoms with Crippen LogP contribution >= 0.6 is 0 Å². The van der Waals surface area contributed by atoms with E-state index in [2.05, 4.69) is 325 Å². The van der Waals surface area contributed by atoms with Crippen LogP contribution in [0.3, 0.4) is 0 Å². The van der Waals surface area contributed by atoms with Gasteiger partial charge in [0.2, 0.25) is 0 Å². The predicted octanol–water partition coefficient (Wildman–Crippen LogP) is 22.8. The van der Waals surface area contributed by atoms with E-state index in [1.165, 1.54) is 87.6 Å². The van der Waals surface area contributed by atoms with Crippen molar-refractivity contribution in [1.82, 2.24) is 24.1 Å². The van der Waals surface area contributed by atoms with Crippen LogP contribution in [0.5, 0.6) is 0 Å². The van der Waals surface area contributed by atoms with Crippen molar-refractivity contribution < 1.29 is 0 Å². The molecule has 0 amide bonds. The summed E-state index contributed by atoms with van der Waals surface area (Å²) in [6, 6.07) is 110. The van der Waals surface area contributed by atoms with Crippen LogP contribution < -0.4 is 0 Å². The minimum atomic E-state index is 0.823. The SMILES string of the molecule is CCc1nc2ccccc2n1-c1ccc(-c2c3ccccc3c(-c3ccc(-c4ccncc4)cc3)c3cc(-c4ccc5c(-c6ccc(-n7c(CC)nc8ccccc87)cc6)c6ccccc6c(-c6ccc(-c7ccccc7)c(-c7ccccc7)c6)c5c4)ccc23)cc1. The predicted molar refractivity (Wildman–Crippen MR) is 386 cm³/mol. The quantitative estimate of drug-likeness (QED) is 0.115. The third kappa shape index (κ3) is 9.19. The average molecular weight is 1180 g/mol. The summed E-state index contributed by atoms with van der Waals surface area (Å²) < 4.78 is 4.62. The molecule has 14 aromatic carbocycles. The summed E-state index contributed by atoms with van der Waals surface area (Å²) in [5, 5.41) is 9.55. The summed E-state index contributed by atoms with van der Waals surface area (Å²) in [7, 11) is 0. The Bertz CT molecular complexity index is 5670. The van der Waals surface area contributed by atoms with Crippen molar-refractivity contribution in [1.29, 1.82) is 0 Å². The van der Waals surface area contributed by atoms with Crippen LogP contribution in [0.1, 0.15) is 25.5 Å².